The molecule has 4 nitrogen and oxygen atoms in total. The Morgan fingerprint density at radius 1 is 1.11 bits per heavy atom. The molecule has 0 spiro atoms. The van der Waals surface area contributed by atoms with Crippen LogP contribution in [0.3, 0.4) is 0 Å². The zero-order chi connectivity index (χ0) is 13.9. The van der Waals surface area contributed by atoms with Crippen LogP contribution in [0.2, 0.25) is 0 Å². The predicted molar refractivity (Wildman–Crippen MR) is 74.1 cm³/mol. The van der Waals surface area contributed by atoms with Gasteiger partial charge in [-0.2, -0.15) is 0 Å². The Morgan fingerprint density at radius 2 is 1.84 bits per heavy atom. The normalized spacial score (nSPS) is 10.6. The van der Waals surface area contributed by atoms with E-state index in [1.165, 1.54) is 6.08 Å². The van der Waals surface area contributed by atoms with Crippen molar-refractivity contribution in [3.05, 3.63) is 35.9 Å². The summed E-state index contributed by atoms with van der Waals surface area (Å²) in [7, 11) is 0. The number of carbonyl (C=O) groups is 1. The maximum Gasteiger partial charge on any atom is 0.330 e. The molecule has 0 aliphatic heterocycles. The summed E-state index contributed by atoms with van der Waals surface area (Å²) in [5.74, 6) is 0.451. The van der Waals surface area contributed by atoms with Crippen LogP contribution in [0.25, 0.3) is 6.08 Å². The Morgan fingerprint density at radius 3 is 2.47 bits per heavy atom. The van der Waals surface area contributed by atoms with E-state index in [9.17, 15) is 4.79 Å². The maximum atomic E-state index is 11.1. The monoisotopic (exact) mass is 270 g/mol. The third kappa shape index (κ3) is 6.62. The Bertz CT molecular complexity index is 395. The van der Waals surface area contributed by atoms with E-state index in [2.05, 4.69) is 0 Å². The summed E-state index contributed by atoms with van der Waals surface area (Å²) in [6.45, 7) is 5.93. The van der Waals surface area contributed by atoms with Crippen molar-refractivity contribution in [3.8, 4) is 5.75 Å². The first-order chi connectivity index (χ1) is 9.26. The van der Waals surface area contributed by atoms with E-state index in [1.54, 1.807) is 13.0 Å². The van der Waals surface area contributed by atoms with Crippen LogP contribution in [0.15, 0.2) is 30.3 Å². The summed E-state index contributed by atoms with van der Waals surface area (Å²) in [5.41, 5.74) is 0.921. The highest BCUT2D eigenvalue weighted by Crippen LogP contribution is 2.13. The molecule has 0 radical (unpaired) electrons. The number of ether oxygens (including phenoxy) is 3. The quantitative estimate of drug-likeness (QED) is 0.414. The second kappa shape index (κ2) is 9.16. The van der Waals surface area contributed by atoms with Gasteiger partial charge in [0.1, 0.15) is 12.4 Å². The molecule has 1 rings (SSSR count). The molecule has 0 heterocycles. The summed E-state index contributed by atoms with van der Waals surface area (Å²) in [4.78, 5) is 11.1. The molecular weight excluding hydrogens is 250 g/mol. The van der Waals surface area contributed by atoms with Crippen molar-refractivity contribution in [1.82, 2.24) is 0 Å². The molecule has 0 unspecified atom stereocenters. The molecule has 0 N–H and O–H groups in total. The molecule has 0 aliphatic rings. The van der Waals surface area contributed by atoms with Crippen LogP contribution in [0.4, 0.5) is 0 Å². The molecule has 0 atom stereocenters. The average molecular weight is 270 g/mol. The van der Waals surface area contributed by atoms with Crippen molar-refractivity contribution in [2.45, 2.75) is 13.8 Å². The third-order valence-corrected chi connectivity index (χ3v) is 2.28. The fourth-order valence-corrected chi connectivity index (χ4v) is 1.39. The number of hydrogen-bond donors (Lipinski definition) is 0. The first kappa shape index (κ1) is 15.2. The SMILES string of the molecule is CCOCCO[13c]1[13cH][13cH][13c](/C=C/C(=O)OCC)[13cH][13cH]1. The molecule has 0 saturated carbocycles. The van der Waals surface area contributed by atoms with Gasteiger partial charge in [0.25, 0.3) is 0 Å². The van der Waals surface area contributed by atoms with E-state index in [1.807, 2.05) is 31.2 Å². The molecule has 1 aromatic carbocycles. The zero-order valence-corrected chi connectivity index (χ0v) is 11.4. The van der Waals surface area contributed by atoms with Crippen LogP contribution in [0.1, 0.15) is 19.4 Å². The molecule has 4 heteroatoms. The van der Waals surface area contributed by atoms with Gasteiger partial charge in [0.05, 0.1) is 13.2 Å². The van der Waals surface area contributed by atoms with Crippen molar-refractivity contribution < 1.29 is 19.0 Å². The molecule has 0 bridgehead atoms. The molecule has 0 fully saturated rings. The van der Waals surface area contributed by atoms with Crippen LogP contribution in [0.5, 0.6) is 5.75 Å². The van der Waals surface area contributed by atoms with Crippen molar-refractivity contribution in [2.75, 3.05) is 26.4 Å². The molecule has 19 heavy (non-hydrogen) atoms. The fourth-order valence-electron chi connectivity index (χ4n) is 1.39. The summed E-state index contributed by atoms with van der Waals surface area (Å²) in [6, 6.07) is 7.48. The van der Waals surface area contributed by atoms with Gasteiger partial charge < -0.3 is 14.2 Å². The van der Waals surface area contributed by atoms with Crippen molar-refractivity contribution in [1.29, 1.82) is 0 Å². The Labute approximate surface area is 114 Å². The lowest BCUT2D eigenvalue weighted by atomic mass is 10.6. The van der Waals surface area contributed by atoms with Gasteiger partial charge in [0.15, 0.2) is 0 Å². The van der Waals surface area contributed by atoms with E-state index in [0.29, 0.717) is 26.4 Å². The minimum atomic E-state index is -0.334. The Hall–Kier alpha value is -1.81. The lowest BCUT2D eigenvalue weighted by Crippen LogP contribution is -2.06. The number of benzene rings is 1. The summed E-state index contributed by atoms with van der Waals surface area (Å²) in [6.07, 6.45) is 3.12. The molecule has 104 valence electrons. The van der Waals surface area contributed by atoms with E-state index in [4.69, 9.17) is 14.2 Å². The maximum absolute atomic E-state index is 11.1. The van der Waals surface area contributed by atoms with Gasteiger partial charge in [0, 0.05) is 12.7 Å². The van der Waals surface area contributed by atoms with Crippen molar-refractivity contribution >= 4 is 12.0 Å². The van der Waals surface area contributed by atoms with Gasteiger partial charge in [0.2, 0.25) is 0 Å². The highest BCUT2D eigenvalue weighted by Gasteiger charge is 1.96. The van der Waals surface area contributed by atoms with Gasteiger partial charge in [-0.3, -0.25) is 0 Å². The van der Waals surface area contributed by atoms with Crippen molar-refractivity contribution in [2.24, 2.45) is 0 Å². The van der Waals surface area contributed by atoms with Gasteiger partial charge in [-0.05, 0) is 37.6 Å². The van der Waals surface area contributed by atoms with Crippen LogP contribution in [-0.2, 0) is 14.3 Å². The second-order valence-electron chi connectivity index (χ2n) is 3.70. The lowest BCUT2D eigenvalue weighted by Gasteiger charge is -2.06. The Kier molecular flexibility index (Phi) is 7.35. The molecule has 0 aromatic heterocycles. The lowest BCUT2D eigenvalue weighted by molar-refractivity contribution is -0.137. The summed E-state index contributed by atoms with van der Waals surface area (Å²) >= 11 is 0. The Balaban J connectivity index is 2.40. The third-order valence-electron chi connectivity index (χ3n) is 2.28. The van der Waals surface area contributed by atoms with E-state index >= 15 is 0 Å². The van der Waals surface area contributed by atoms with Crippen LogP contribution >= 0.6 is 0 Å². The minimum Gasteiger partial charge on any atom is -0.491 e. The molecule has 1 aromatic rings. The van der Waals surface area contributed by atoms with Crippen LogP contribution < -0.4 is 4.74 Å². The highest BCUT2D eigenvalue weighted by molar-refractivity contribution is 5.87. The summed E-state index contributed by atoms with van der Waals surface area (Å²) in [5, 5.41) is 0. The van der Waals surface area contributed by atoms with Gasteiger partial charge in [-0.25, -0.2) is 4.79 Å². The van der Waals surface area contributed by atoms with Gasteiger partial charge in [-0.1, -0.05) is 12.1 Å². The largest absolute Gasteiger partial charge is 0.491 e. The smallest absolute Gasteiger partial charge is 0.330 e. The van der Waals surface area contributed by atoms with Crippen LogP contribution in [-0.4, -0.2) is 32.4 Å². The molecule has 0 saturated heterocycles. The zero-order valence-electron chi connectivity index (χ0n) is 11.4. The number of esters is 1. The fraction of sp³-hybridized carbons (Fsp3) is 0.400. The van der Waals surface area contributed by atoms with E-state index in [0.717, 1.165) is 11.3 Å². The van der Waals surface area contributed by atoms with E-state index in [-0.39, 0.29) is 5.97 Å². The predicted octanol–water partition coefficient (Wildman–Crippen LogP) is 2.68. The number of hydrogen-bond acceptors (Lipinski definition) is 4. The average Bonchev–Trinajstić information content (AvgIpc) is 2.43. The highest BCUT2D eigenvalue weighted by atomic mass is 16.6. The number of carbonyl (C=O) groups excluding carboxylic acids is 1. The first-order valence-corrected chi connectivity index (χ1v) is 6.41. The first-order valence-electron chi connectivity index (χ1n) is 6.41. The minimum absolute atomic E-state index is 0.334. The molecule has 0 aliphatic carbocycles. The van der Waals surface area contributed by atoms with E-state index < -0.39 is 0 Å². The number of rotatable bonds is 8. The van der Waals surface area contributed by atoms with Gasteiger partial charge >= 0.3 is 5.97 Å². The molecular formula is C15H20O4. The second-order valence-corrected chi connectivity index (χ2v) is 3.70. The summed E-state index contributed by atoms with van der Waals surface area (Å²) < 4.78 is 15.5. The van der Waals surface area contributed by atoms with Crippen molar-refractivity contribution in [3.63, 3.8) is 0 Å². The standard InChI is InChI=1S/C15H20O4/c1-3-17-11-12-19-14-8-5-13(6-9-14)7-10-15(16)18-4-2/h5-10H,3-4,11-12H2,1-2H3/b10-7+/i5+1,6+1,8+1,9+1,13+1,14+1. The van der Waals surface area contributed by atoms with Gasteiger partial charge in [-0.15, -0.1) is 0 Å². The van der Waals surface area contributed by atoms with Crippen LogP contribution in [0, 0.1) is 0 Å². The topological polar surface area (TPSA) is 44.8 Å². The molecule has 0 amide bonds.